The first-order chi connectivity index (χ1) is 8.06. The summed E-state index contributed by atoms with van der Waals surface area (Å²) in [6.45, 7) is 5.73. The van der Waals surface area contributed by atoms with Crippen LogP contribution in [-0.2, 0) is 4.74 Å². The van der Waals surface area contributed by atoms with Crippen molar-refractivity contribution < 1.29 is 9.13 Å². The van der Waals surface area contributed by atoms with E-state index < -0.39 is 0 Å². The number of hydrogen-bond acceptors (Lipinski definition) is 3. The van der Waals surface area contributed by atoms with Crippen molar-refractivity contribution in [2.45, 2.75) is 19.9 Å². The van der Waals surface area contributed by atoms with Gasteiger partial charge in [0.25, 0.3) is 0 Å². The molecule has 0 aromatic heterocycles. The number of anilines is 1. The van der Waals surface area contributed by atoms with Crippen molar-refractivity contribution in [1.29, 1.82) is 0 Å². The third-order valence-corrected chi connectivity index (χ3v) is 2.68. The summed E-state index contributed by atoms with van der Waals surface area (Å²) in [5, 5.41) is 0. The second kappa shape index (κ2) is 6.57. The van der Waals surface area contributed by atoms with Gasteiger partial charge in [0.2, 0.25) is 0 Å². The SMILES string of the molecule is CCOCCN(C)c1ccc([C@@H](C)N)cc1F. The Hall–Kier alpha value is -1.13. The van der Waals surface area contributed by atoms with Crippen LogP contribution >= 0.6 is 0 Å². The lowest BCUT2D eigenvalue weighted by Crippen LogP contribution is -2.23. The Kier molecular flexibility index (Phi) is 5.38. The molecule has 0 fully saturated rings. The third-order valence-electron chi connectivity index (χ3n) is 2.68. The number of rotatable bonds is 6. The normalized spacial score (nSPS) is 12.5. The lowest BCUT2D eigenvalue weighted by Gasteiger charge is -2.20. The van der Waals surface area contributed by atoms with Crippen molar-refractivity contribution in [3.63, 3.8) is 0 Å². The number of ether oxygens (including phenoxy) is 1. The minimum absolute atomic E-state index is 0.146. The highest BCUT2D eigenvalue weighted by atomic mass is 19.1. The first-order valence-electron chi connectivity index (χ1n) is 5.90. The number of halogens is 1. The summed E-state index contributed by atoms with van der Waals surface area (Å²) in [4.78, 5) is 1.84. The molecular formula is C13H21FN2O. The molecule has 0 unspecified atom stereocenters. The first kappa shape index (κ1) is 13.9. The van der Waals surface area contributed by atoms with Crippen molar-refractivity contribution in [2.75, 3.05) is 31.7 Å². The lowest BCUT2D eigenvalue weighted by atomic mass is 10.1. The molecule has 2 N–H and O–H groups in total. The minimum Gasteiger partial charge on any atom is -0.380 e. The van der Waals surface area contributed by atoms with Crippen molar-refractivity contribution in [3.8, 4) is 0 Å². The molecule has 0 aliphatic heterocycles. The Balaban J connectivity index is 2.70. The average Bonchev–Trinajstić information content (AvgIpc) is 2.28. The van der Waals surface area contributed by atoms with Crippen molar-refractivity contribution >= 4 is 5.69 Å². The summed E-state index contributed by atoms with van der Waals surface area (Å²) in [5.41, 5.74) is 7.09. The van der Waals surface area contributed by atoms with E-state index in [9.17, 15) is 4.39 Å². The average molecular weight is 240 g/mol. The van der Waals surface area contributed by atoms with E-state index in [4.69, 9.17) is 10.5 Å². The Bertz CT molecular complexity index is 355. The standard InChI is InChI=1S/C13H21FN2O/c1-4-17-8-7-16(3)13-6-5-11(10(2)15)9-12(13)14/h5-6,9-10H,4,7-8,15H2,1-3H3/t10-/m1/s1. The van der Waals surface area contributed by atoms with E-state index in [-0.39, 0.29) is 11.9 Å². The highest BCUT2D eigenvalue weighted by Crippen LogP contribution is 2.21. The summed E-state index contributed by atoms with van der Waals surface area (Å²) < 4.78 is 19.1. The van der Waals surface area contributed by atoms with E-state index in [1.165, 1.54) is 6.07 Å². The quantitative estimate of drug-likeness (QED) is 0.775. The van der Waals surface area contributed by atoms with Crippen LogP contribution in [0.1, 0.15) is 25.5 Å². The molecule has 0 amide bonds. The lowest BCUT2D eigenvalue weighted by molar-refractivity contribution is 0.154. The zero-order valence-corrected chi connectivity index (χ0v) is 10.7. The van der Waals surface area contributed by atoms with Crippen LogP contribution in [0.5, 0.6) is 0 Å². The highest BCUT2D eigenvalue weighted by molar-refractivity contribution is 5.48. The monoisotopic (exact) mass is 240 g/mol. The van der Waals surface area contributed by atoms with E-state index in [0.29, 0.717) is 25.4 Å². The molecule has 0 aliphatic rings. The molecule has 4 heteroatoms. The summed E-state index contributed by atoms with van der Waals surface area (Å²) in [7, 11) is 1.85. The summed E-state index contributed by atoms with van der Waals surface area (Å²) in [5.74, 6) is -0.237. The molecular weight excluding hydrogens is 219 g/mol. The molecule has 1 rings (SSSR count). The number of nitrogens with zero attached hydrogens (tertiary/aromatic N) is 1. The molecule has 0 bridgehead atoms. The van der Waals surface area contributed by atoms with E-state index in [2.05, 4.69) is 0 Å². The molecule has 1 aromatic rings. The number of benzene rings is 1. The van der Waals surface area contributed by atoms with Crippen molar-refractivity contribution in [1.82, 2.24) is 0 Å². The predicted molar refractivity (Wildman–Crippen MR) is 68.8 cm³/mol. The highest BCUT2D eigenvalue weighted by Gasteiger charge is 2.09. The molecule has 0 saturated heterocycles. The van der Waals surface area contributed by atoms with Gasteiger partial charge in [-0.1, -0.05) is 6.07 Å². The van der Waals surface area contributed by atoms with Gasteiger partial charge in [0.15, 0.2) is 0 Å². The van der Waals surface area contributed by atoms with Gasteiger partial charge in [-0.15, -0.1) is 0 Å². The van der Waals surface area contributed by atoms with Gasteiger partial charge in [-0.25, -0.2) is 4.39 Å². The summed E-state index contributed by atoms with van der Waals surface area (Å²) >= 11 is 0. The van der Waals surface area contributed by atoms with Crippen LogP contribution < -0.4 is 10.6 Å². The van der Waals surface area contributed by atoms with Crippen LogP contribution in [0.15, 0.2) is 18.2 Å². The number of nitrogens with two attached hydrogens (primary N) is 1. The van der Waals surface area contributed by atoms with Crippen LogP contribution in [0, 0.1) is 5.82 Å². The fraction of sp³-hybridized carbons (Fsp3) is 0.538. The molecule has 3 nitrogen and oxygen atoms in total. The summed E-state index contributed by atoms with van der Waals surface area (Å²) in [6, 6.07) is 4.98. The van der Waals surface area contributed by atoms with Crippen LogP contribution in [0.4, 0.5) is 10.1 Å². The van der Waals surface area contributed by atoms with Gasteiger partial charge < -0.3 is 15.4 Å². The molecule has 96 valence electrons. The Morgan fingerprint density at radius 1 is 1.47 bits per heavy atom. The van der Waals surface area contributed by atoms with Crippen LogP contribution in [0.25, 0.3) is 0 Å². The topological polar surface area (TPSA) is 38.5 Å². The van der Waals surface area contributed by atoms with Gasteiger partial charge >= 0.3 is 0 Å². The van der Waals surface area contributed by atoms with Gasteiger partial charge in [0, 0.05) is 26.2 Å². The van der Waals surface area contributed by atoms with Gasteiger partial charge in [-0.2, -0.15) is 0 Å². The molecule has 0 aliphatic carbocycles. The first-order valence-corrected chi connectivity index (χ1v) is 5.90. The van der Waals surface area contributed by atoms with Crippen LogP contribution in [-0.4, -0.2) is 26.8 Å². The summed E-state index contributed by atoms with van der Waals surface area (Å²) in [6.07, 6.45) is 0. The second-order valence-electron chi connectivity index (χ2n) is 4.12. The van der Waals surface area contributed by atoms with Crippen molar-refractivity contribution in [3.05, 3.63) is 29.6 Å². The smallest absolute Gasteiger partial charge is 0.146 e. The Labute approximate surface area is 102 Å². The van der Waals surface area contributed by atoms with E-state index in [1.54, 1.807) is 6.07 Å². The molecule has 0 heterocycles. The van der Waals surface area contributed by atoms with Crippen LogP contribution in [0.2, 0.25) is 0 Å². The Morgan fingerprint density at radius 3 is 2.71 bits per heavy atom. The van der Waals surface area contributed by atoms with Gasteiger partial charge in [0.05, 0.1) is 12.3 Å². The Morgan fingerprint density at radius 2 is 2.18 bits per heavy atom. The molecule has 0 radical (unpaired) electrons. The fourth-order valence-corrected chi connectivity index (χ4v) is 1.58. The van der Waals surface area contributed by atoms with E-state index in [0.717, 1.165) is 5.56 Å². The maximum absolute atomic E-state index is 13.8. The van der Waals surface area contributed by atoms with E-state index >= 15 is 0 Å². The number of likely N-dealkylation sites (N-methyl/N-ethyl adjacent to an activating group) is 1. The maximum atomic E-state index is 13.8. The third kappa shape index (κ3) is 3.98. The molecule has 1 atom stereocenters. The molecule has 17 heavy (non-hydrogen) atoms. The molecule has 0 spiro atoms. The van der Waals surface area contributed by atoms with Crippen LogP contribution in [0.3, 0.4) is 0 Å². The van der Waals surface area contributed by atoms with Gasteiger partial charge in [-0.05, 0) is 31.5 Å². The fourth-order valence-electron chi connectivity index (χ4n) is 1.58. The second-order valence-corrected chi connectivity index (χ2v) is 4.12. The molecule has 1 aromatic carbocycles. The van der Waals surface area contributed by atoms with Gasteiger partial charge in [-0.3, -0.25) is 0 Å². The van der Waals surface area contributed by atoms with Crippen molar-refractivity contribution in [2.24, 2.45) is 5.73 Å². The minimum atomic E-state index is -0.237. The zero-order chi connectivity index (χ0) is 12.8. The van der Waals surface area contributed by atoms with Gasteiger partial charge in [0.1, 0.15) is 5.82 Å². The largest absolute Gasteiger partial charge is 0.380 e. The zero-order valence-electron chi connectivity index (χ0n) is 10.7. The predicted octanol–water partition coefficient (Wildman–Crippen LogP) is 2.32. The molecule has 0 saturated carbocycles. The van der Waals surface area contributed by atoms with E-state index in [1.807, 2.05) is 31.9 Å². The number of hydrogen-bond donors (Lipinski definition) is 1. The maximum Gasteiger partial charge on any atom is 0.146 e.